The van der Waals surface area contributed by atoms with E-state index in [0.717, 1.165) is 31.5 Å². The Morgan fingerprint density at radius 2 is 2.00 bits per heavy atom. The largest absolute Gasteiger partial charge is 0.339 e. The van der Waals surface area contributed by atoms with Crippen LogP contribution < -0.4 is 5.32 Å². The van der Waals surface area contributed by atoms with Crippen LogP contribution >= 0.6 is 0 Å². The molecule has 2 rings (SSSR count). The highest BCUT2D eigenvalue weighted by Crippen LogP contribution is 2.14. The molecule has 0 spiro atoms. The third kappa shape index (κ3) is 3.70. The van der Waals surface area contributed by atoms with Gasteiger partial charge >= 0.3 is 0 Å². The average molecular weight is 272 g/mol. The summed E-state index contributed by atoms with van der Waals surface area (Å²) in [5, 5.41) is 3.28. The first kappa shape index (κ1) is 14.8. The van der Waals surface area contributed by atoms with Crippen molar-refractivity contribution in [3.05, 3.63) is 41.0 Å². The van der Waals surface area contributed by atoms with Gasteiger partial charge in [-0.25, -0.2) is 0 Å². The highest BCUT2D eigenvalue weighted by Gasteiger charge is 2.19. The third-order valence-electron chi connectivity index (χ3n) is 4.05. The summed E-state index contributed by atoms with van der Waals surface area (Å²) < 4.78 is 0. The van der Waals surface area contributed by atoms with Gasteiger partial charge in [-0.1, -0.05) is 23.8 Å². The summed E-state index contributed by atoms with van der Waals surface area (Å²) in [7, 11) is 1.99. The fourth-order valence-electron chi connectivity index (χ4n) is 2.67. The van der Waals surface area contributed by atoms with Gasteiger partial charge in [0, 0.05) is 25.2 Å². The van der Waals surface area contributed by atoms with Crippen molar-refractivity contribution in [2.75, 3.05) is 20.1 Å². The standard InChI is InChI=1S/C17H24N2O/c1-13-4-5-15(14(2)12-13)6-7-17(20)19-10-8-16(18-3)9-11-19/h4-7,12,16,18H,8-11H2,1-3H3/b7-6+. The van der Waals surface area contributed by atoms with Gasteiger partial charge in [-0.3, -0.25) is 4.79 Å². The van der Waals surface area contributed by atoms with Crippen LogP contribution in [0.2, 0.25) is 0 Å². The SMILES string of the molecule is CNC1CCN(C(=O)/C=C/c2ccc(C)cc2C)CC1. The summed E-state index contributed by atoms with van der Waals surface area (Å²) in [4.78, 5) is 14.1. The number of nitrogens with zero attached hydrogens (tertiary/aromatic N) is 1. The van der Waals surface area contributed by atoms with E-state index in [1.165, 1.54) is 11.1 Å². The van der Waals surface area contributed by atoms with Gasteiger partial charge in [0.2, 0.25) is 5.91 Å². The zero-order valence-electron chi connectivity index (χ0n) is 12.6. The first-order chi connectivity index (χ1) is 9.60. The molecule has 1 fully saturated rings. The highest BCUT2D eigenvalue weighted by molar-refractivity contribution is 5.92. The maximum absolute atomic E-state index is 12.2. The molecule has 0 atom stereocenters. The van der Waals surface area contributed by atoms with E-state index < -0.39 is 0 Å². The molecule has 0 aromatic heterocycles. The molecule has 1 amide bonds. The molecule has 108 valence electrons. The number of nitrogens with one attached hydrogen (secondary N) is 1. The minimum atomic E-state index is 0.125. The number of carbonyl (C=O) groups excluding carboxylic acids is 1. The Bertz CT molecular complexity index is 500. The Morgan fingerprint density at radius 1 is 1.30 bits per heavy atom. The van der Waals surface area contributed by atoms with Crippen molar-refractivity contribution in [1.82, 2.24) is 10.2 Å². The van der Waals surface area contributed by atoms with E-state index in [1.807, 2.05) is 18.0 Å². The van der Waals surface area contributed by atoms with Crippen LogP contribution in [0.3, 0.4) is 0 Å². The molecule has 1 aromatic rings. The summed E-state index contributed by atoms with van der Waals surface area (Å²) in [5.74, 6) is 0.125. The van der Waals surface area contributed by atoms with Crippen molar-refractivity contribution in [2.24, 2.45) is 0 Å². The number of aryl methyl sites for hydroxylation is 2. The summed E-state index contributed by atoms with van der Waals surface area (Å²) in [6.07, 6.45) is 5.72. The van der Waals surface area contributed by atoms with Crippen LogP contribution in [-0.2, 0) is 4.79 Å². The monoisotopic (exact) mass is 272 g/mol. The van der Waals surface area contributed by atoms with Gasteiger partial charge in [0.1, 0.15) is 0 Å². The fourth-order valence-corrected chi connectivity index (χ4v) is 2.67. The molecule has 0 bridgehead atoms. The number of piperidine rings is 1. The van der Waals surface area contributed by atoms with E-state index in [0.29, 0.717) is 6.04 Å². The van der Waals surface area contributed by atoms with Gasteiger partial charge < -0.3 is 10.2 Å². The molecule has 1 aliphatic heterocycles. The molecule has 1 saturated heterocycles. The zero-order valence-corrected chi connectivity index (χ0v) is 12.6. The van der Waals surface area contributed by atoms with E-state index in [1.54, 1.807) is 6.08 Å². The molecule has 1 heterocycles. The van der Waals surface area contributed by atoms with Gasteiger partial charge in [-0.2, -0.15) is 0 Å². The molecule has 0 saturated carbocycles. The molecule has 0 radical (unpaired) electrons. The number of benzene rings is 1. The molecule has 1 N–H and O–H groups in total. The second-order valence-electron chi connectivity index (χ2n) is 5.58. The van der Waals surface area contributed by atoms with Crippen LogP contribution in [0.5, 0.6) is 0 Å². The minimum Gasteiger partial charge on any atom is -0.339 e. The third-order valence-corrected chi connectivity index (χ3v) is 4.05. The number of amides is 1. The van der Waals surface area contributed by atoms with E-state index in [4.69, 9.17) is 0 Å². The average Bonchev–Trinajstić information content (AvgIpc) is 2.46. The van der Waals surface area contributed by atoms with Crippen LogP contribution in [0.25, 0.3) is 6.08 Å². The maximum Gasteiger partial charge on any atom is 0.246 e. The van der Waals surface area contributed by atoms with Crippen molar-refractivity contribution in [1.29, 1.82) is 0 Å². The first-order valence-electron chi connectivity index (χ1n) is 7.31. The van der Waals surface area contributed by atoms with Crippen molar-refractivity contribution in [2.45, 2.75) is 32.7 Å². The van der Waals surface area contributed by atoms with Gasteiger partial charge in [-0.15, -0.1) is 0 Å². The topological polar surface area (TPSA) is 32.3 Å². The van der Waals surface area contributed by atoms with Gasteiger partial charge in [0.15, 0.2) is 0 Å². The lowest BCUT2D eigenvalue weighted by molar-refractivity contribution is -0.127. The lowest BCUT2D eigenvalue weighted by Gasteiger charge is -2.31. The van der Waals surface area contributed by atoms with E-state index in [-0.39, 0.29) is 5.91 Å². The van der Waals surface area contributed by atoms with Crippen molar-refractivity contribution < 1.29 is 4.79 Å². The van der Waals surface area contributed by atoms with Gasteiger partial charge in [0.25, 0.3) is 0 Å². The normalized spacial score (nSPS) is 16.9. The Hall–Kier alpha value is -1.61. The van der Waals surface area contributed by atoms with Crippen LogP contribution in [0.4, 0.5) is 0 Å². The number of hydrogen-bond acceptors (Lipinski definition) is 2. The number of rotatable bonds is 3. The number of carbonyl (C=O) groups is 1. The van der Waals surface area contributed by atoms with E-state index >= 15 is 0 Å². The maximum atomic E-state index is 12.2. The molecule has 20 heavy (non-hydrogen) atoms. The molecule has 0 unspecified atom stereocenters. The van der Waals surface area contributed by atoms with Crippen LogP contribution in [0.1, 0.15) is 29.5 Å². The molecule has 3 heteroatoms. The predicted octanol–water partition coefficient (Wildman–Crippen LogP) is 2.53. The summed E-state index contributed by atoms with van der Waals surface area (Å²) in [6.45, 7) is 5.86. The minimum absolute atomic E-state index is 0.125. The van der Waals surface area contributed by atoms with Crippen LogP contribution in [0, 0.1) is 13.8 Å². The molecule has 3 nitrogen and oxygen atoms in total. The Kier molecular flexibility index (Phi) is 4.96. The molecular weight excluding hydrogens is 248 g/mol. The number of hydrogen-bond donors (Lipinski definition) is 1. The van der Waals surface area contributed by atoms with Crippen LogP contribution in [-0.4, -0.2) is 37.0 Å². The highest BCUT2D eigenvalue weighted by atomic mass is 16.2. The predicted molar refractivity (Wildman–Crippen MR) is 83.6 cm³/mol. The second-order valence-corrected chi connectivity index (χ2v) is 5.58. The van der Waals surface area contributed by atoms with Crippen molar-refractivity contribution >= 4 is 12.0 Å². The lowest BCUT2D eigenvalue weighted by atomic mass is 10.0. The second kappa shape index (κ2) is 6.71. The molecule has 1 aromatic carbocycles. The fraction of sp³-hybridized carbons (Fsp3) is 0.471. The molecular formula is C17H24N2O. The van der Waals surface area contributed by atoms with Crippen LogP contribution in [0.15, 0.2) is 24.3 Å². The Morgan fingerprint density at radius 3 is 2.60 bits per heavy atom. The summed E-state index contributed by atoms with van der Waals surface area (Å²) >= 11 is 0. The zero-order chi connectivity index (χ0) is 14.5. The Labute approximate surface area is 121 Å². The number of likely N-dealkylation sites (tertiary alicyclic amines) is 1. The quantitative estimate of drug-likeness (QED) is 0.858. The molecule has 0 aliphatic carbocycles. The summed E-state index contributed by atoms with van der Waals surface area (Å²) in [5.41, 5.74) is 3.58. The lowest BCUT2D eigenvalue weighted by Crippen LogP contribution is -2.43. The van der Waals surface area contributed by atoms with E-state index in [9.17, 15) is 4.79 Å². The first-order valence-corrected chi connectivity index (χ1v) is 7.31. The van der Waals surface area contributed by atoms with E-state index in [2.05, 4.69) is 37.4 Å². The molecule has 1 aliphatic rings. The van der Waals surface area contributed by atoms with Crippen molar-refractivity contribution in [3.63, 3.8) is 0 Å². The smallest absolute Gasteiger partial charge is 0.246 e. The van der Waals surface area contributed by atoms with Crippen molar-refractivity contribution in [3.8, 4) is 0 Å². The van der Waals surface area contributed by atoms with Gasteiger partial charge in [-0.05, 0) is 50.9 Å². The summed E-state index contributed by atoms with van der Waals surface area (Å²) in [6, 6.07) is 6.85. The Balaban J connectivity index is 1.96. The van der Waals surface area contributed by atoms with Gasteiger partial charge in [0.05, 0.1) is 0 Å².